The van der Waals surface area contributed by atoms with Crippen molar-refractivity contribution in [2.45, 2.75) is 0 Å². The van der Waals surface area contributed by atoms with Gasteiger partial charge in [-0.3, -0.25) is 4.79 Å². The molecule has 0 heterocycles. The molecule has 0 aromatic heterocycles. The predicted molar refractivity (Wildman–Crippen MR) is 108 cm³/mol. The minimum atomic E-state index is -0.0999. The molecule has 0 atom stereocenters. The maximum atomic E-state index is 12.1. The molecular formula is C22H18ClNO3. The van der Waals surface area contributed by atoms with Gasteiger partial charge in [-0.2, -0.15) is 0 Å². The van der Waals surface area contributed by atoms with E-state index in [2.05, 4.69) is 5.32 Å². The second kappa shape index (κ2) is 8.92. The van der Waals surface area contributed by atoms with Gasteiger partial charge in [-0.25, -0.2) is 0 Å². The van der Waals surface area contributed by atoms with Gasteiger partial charge in [0.1, 0.15) is 17.2 Å². The molecule has 3 aromatic carbocycles. The Morgan fingerprint density at radius 3 is 2.33 bits per heavy atom. The van der Waals surface area contributed by atoms with Crippen molar-refractivity contribution in [1.82, 2.24) is 0 Å². The molecule has 0 unspecified atom stereocenters. The summed E-state index contributed by atoms with van der Waals surface area (Å²) in [4.78, 5) is 12.1. The first-order chi connectivity index (χ1) is 13.1. The Hall–Kier alpha value is -3.24. The Labute approximate surface area is 163 Å². The Morgan fingerprint density at radius 1 is 0.926 bits per heavy atom. The van der Waals surface area contributed by atoms with Crippen molar-refractivity contribution in [3.8, 4) is 17.2 Å². The summed E-state index contributed by atoms with van der Waals surface area (Å²) in [6, 6.07) is 21.6. The summed E-state index contributed by atoms with van der Waals surface area (Å²) >= 11 is 5.82. The first kappa shape index (κ1) is 18.5. The highest BCUT2D eigenvalue weighted by atomic mass is 35.5. The van der Waals surface area contributed by atoms with Crippen LogP contribution >= 0.6 is 11.6 Å². The van der Waals surface area contributed by atoms with E-state index in [0.717, 1.165) is 11.4 Å². The SMILES string of the molecule is COc1cccc(Oc2ccc(N/C=C/C(=O)c3ccc(Cl)cc3)cc2)c1. The number of methoxy groups -OCH3 is 1. The van der Waals surface area contributed by atoms with Gasteiger partial charge >= 0.3 is 0 Å². The maximum absolute atomic E-state index is 12.1. The van der Waals surface area contributed by atoms with E-state index in [1.807, 2.05) is 48.5 Å². The van der Waals surface area contributed by atoms with Gasteiger partial charge in [0, 0.05) is 34.6 Å². The van der Waals surface area contributed by atoms with Crippen LogP contribution < -0.4 is 14.8 Å². The van der Waals surface area contributed by atoms with Crippen LogP contribution in [-0.2, 0) is 0 Å². The monoisotopic (exact) mass is 379 g/mol. The molecule has 3 aromatic rings. The highest BCUT2D eigenvalue weighted by molar-refractivity contribution is 6.30. The van der Waals surface area contributed by atoms with Crippen molar-refractivity contribution < 1.29 is 14.3 Å². The number of rotatable bonds is 7. The lowest BCUT2D eigenvalue weighted by Gasteiger charge is -2.08. The first-order valence-corrected chi connectivity index (χ1v) is 8.67. The Morgan fingerprint density at radius 2 is 1.63 bits per heavy atom. The van der Waals surface area contributed by atoms with Crippen LogP contribution in [0.25, 0.3) is 0 Å². The number of carbonyl (C=O) groups excluding carboxylic acids is 1. The van der Waals surface area contributed by atoms with Crippen molar-refractivity contribution in [1.29, 1.82) is 0 Å². The van der Waals surface area contributed by atoms with E-state index in [9.17, 15) is 4.79 Å². The molecule has 0 bridgehead atoms. The summed E-state index contributed by atoms with van der Waals surface area (Å²) in [7, 11) is 1.62. The maximum Gasteiger partial charge on any atom is 0.187 e. The fraction of sp³-hybridized carbons (Fsp3) is 0.0455. The van der Waals surface area contributed by atoms with Crippen molar-refractivity contribution in [3.05, 3.63) is 95.7 Å². The number of nitrogens with one attached hydrogen (secondary N) is 1. The van der Waals surface area contributed by atoms with E-state index < -0.39 is 0 Å². The van der Waals surface area contributed by atoms with Crippen molar-refractivity contribution in [3.63, 3.8) is 0 Å². The lowest BCUT2D eigenvalue weighted by molar-refractivity contribution is 0.104. The van der Waals surface area contributed by atoms with Crippen LogP contribution in [0, 0.1) is 0 Å². The van der Waals surface area contributed by atoms with Gasteiger partial charge in [0.2, 0.25) is 0 Å². The quantitative estimate of drug-likeness (QED) is 0.407. The molecule has 0 aliphatic heterocycles. The van der Waals surface area contributed by atoms with Gasteiger partial charge in [-0.15, -0.1) is 0 Å². The van der Waals surface area contributed by atoms with Gasteiger partial charge in [-0.1, -0.05) is 17.7 Å². The molecule has 0 amide bonds. The second-order valence-corrected chi connectivity index (χ2v) is 6.09. The number of hydrogen-bond donors (Lipinski definition) is 1. The average Bonchev–Trinajstić information content (AvgIpc) is 2.70. The van der Waals surface area contributed by atoms with Crippen LogP contribution in [0.1, 0.15) is 10.4 Å². The highest BCUT2D eigenvalue weighted by Gasteiger charge is 2.02. The summed E-state index contributed by atoms with van der Waals surface area (Å²) in [5.74, 6) is 2.04. The molecule has 27 heavy (non-hydrogen) atoms. The number of halogens is 1. The van der Waals surface area contributed by atoms with Gasteiger partial charge in [-0.05, 0) is 60.7 Å². The second-order valence-electron chi connectivity index (χ2n) is 5.65. The van der Waals surface area contributed by atoms with Crippen molar-refractivity contribution in [2.75, 3.05) is 12.4 Å². The third kappa shape index (κ3) is 5.36. The zero-order valence-corrected chi connectivity index (χ0v) is 15.4. The fourth-order valence-electron chi connectivity index (χ4n) is 2.34. The molecule has 0 aliphatic carbocycles. The molecule has 3 rings (SSSR count). The number of anilines is 1. The number of ketones is 1. The molecule has 1 N–H and O–H groups in total. The van der Waals surface area contributed by atoms with E-state index in [4.69, 9.17) is 21.1 Å². The topological polar surface area (TPSA) is 47.6 Å². The fourth-order valence-corrected chi connectivity index (χ4v) is 2.47. The van der Waals surface area contributed by atoms with Crippen LogP contribution in [0.15, 0.2) is 85.1 Å². The van der Waals surface area contributed by atoms with Crippen LogP contribution in [0.5, 0.6) is 17.2 Å². The summed E-state index contributed by atoms with van der Waals surface area (Å²) in [6.07, 6.45) is 3.08. The number of benzene rings is 3. The van der Waals surface area contributed by atoms with Gasteiger partial charge in [0.15, 0.2) is 5.78 Å². The van der Waals surface area contributed by atoms with Gasteiger partial charge < -0.3 is 14.8 Å². The van der Waals surface area contributed by atoms with Crippen LogP contribution in [0.3, 0.4) is 0 Å². The lowest BCUT2D eigenvalue weighted by Crippen LogP contribution is -1.96. The normalized spacial score (nSPS) is 10.6. The van der Waals surface area contributed by atoms with Gasteiger partial charge in [0.25, 0.3) is 0 Å². The first-order valence-electron chi connectivity index (χ1n) is 8.29. The van der Waals surface area contributed by atoms with Crippen LogP contribution in [-0.4, -0.2) is 12.9 Å². The van der Waals surface area contributed by atoms with Crippen molar-refractivity contribution >= 4 is 23.1 Å². The predicted octanol–water partition coefficient (Wildman–Crippen LogP) is 5.95. The molecule has 136 valence electrons. The molecule has 0 fully saturated rings. The zero-order valence-electron chi connectivity index (χ0n) is 14.7. The molecule has 0 spiro atoms. The summed E-state index contributed by atoms with van der Waals surface area (Å²) in [5, 5.41) is 3.66. The Balaban J connectivity index is 1.57. The van der Waals surface area contributed by atoms with E-state index in [-0.39, 0.29) is 5.78 Å². The minimum absolute atomic E-state index is 0.0999. The van der Waals surface area contributed by atoms with Crippen molar-refractivity contribution in [2.24, 2.45) is 0 Å². The number of hydrogen-bond acceptors (Lipinski definition) is 4. The van der Waals surface area contributed by atoms with E-state index in [0.29, 0.717) is 22.1 Å². The molecule has 4 nitrogen and oxygen atoms in total. The lowest BCUT2D eigenvalue weighted by atomic mass is 10.1. The third-order valence-corrected chi connectivity index (χ3v) is 4.00. The smallest absolute Gasteiger partial charge is 0.187 e. The molecule has 0 saturated heterocycles. The highest BCUT2D eigenvalue weighted by Crippen LogP contribution is 2.26. The summed E-state index contributed by atoms with van der Waals surface area (Å²) < 4.78 is 11.0. The largest absolute Gasteiger partial charge is 0.497 e. The van der Waals surface area contributed by atoms with E-state index in [1.54, 1.807) is 37.6 Å². The number of carbonyl (C=O) groups is 1. The number of allylic oxidation sites excluding steroid dienone is 1. The van der Waals surface area contributed by atoms with E-state index >= 15 is 0 Å². The summed E-state index contributed by atoms with van der Waals surface area (Å²) in [5.41, 5.74) is 1.42. The third-order valence-electron chi connectivity index (χ3n) is 3.74. The summed E-state index contributed by atoms with van der Waals surface area (Å²) in [6.45, 7) is 0. The standard InChI is InChI=1S/C22H18ClNO3/c1-26-20-3-2-4-21(15-20)27-19-11-9-18(10-12-19)24-14-13-22(25)16-5-7-17(23)8-6-16/h2-15,24H,1H3/b14-13+. The molecule has 5 heteroatoms. The Kier molecular flexibility index (Phi) is 6.13. The van der Waals surface area contributed by atoms with Crippen LogP contribution in [0.4, 0.5) is 5.69 Å². The van der Waals surface area contributed by atoms with E-state index in [1.165, 1.54) is 6.08 Å². The molecule has 0 saturated carbocycles. The molecular weight excluding hydrogens is 362 g/mol. The molecule has 0 radical (unpaired) electrons. The van der Waals surface area contributed by atoms with Crippen LogP contribution in [0.2, 0.25) is 5.02 Å². The zero-order chi connectivity index (χ0) is 19.1. The number of ether oxygens (including phenoxy) is 2. The molecule has 0 aliphatic rings. The average molecular weight is 380 g/mol. The van der Waals surface area contributed by atoms with Gasteiger partial charge in [0.05, 0.1) is 7.11 Å². The minimum Gasteiger partial charge on any atom is -0.497 e. The Bertz CT molecular complexity index is 935.